The first-order valence-electron chi connectivity index (χ1n) is 11.5. The Kier molecular flexibility index (Phi) is 8.15. The molecule has 0 aliphatic carbocycles. The molecule has 186 valence electrons. The molecular weight excluding hydrogens is 462 g/mol. The Morgan fingerprint density at radius 3 is 2.61 bits per heavy atom. The van der Waals surface area contributed by atoms with Crippen molar-refractivity contribution < 1.29 is 23.9 Å². The summed E-state index contributed by atoms with van der Waals surface area (Å²) < 4.78 is 16.3. The number of anilines is 2. The van der Waals surface area contributed by atoms with E-state index in [0.29, 0.717) is 49.2 Å². The van der Waals surface area contributed by atoms with Gasteiger partial charge in [-0.1, -0.05) is 42.5 Å². The van der Waals surface area contributed by atoms with Crippen molar-refractivity contribution in [1.82, 2.24) is 0 Å². The summed E-state index contributed by atoms with van der Waals surface area (Å²) >= 11 is 0. The number of carbonyl (C=O) groups excluding carboxylic acids is 1. The minimum absolute atomic E-state index is 0.182. The highest BCUT2D eigenvalue weighted by Gasteiger charge is 2.23. The molecule has 1 aliphatic heterocycles. The number of rotatable bonds is 10. The van der Waals surface area contributed by atoms with Crippen molar-refractivity contribution in [2.45, 2.75) is 0 Å². The molecule has 0 bridgehead atoms. The van der Waals surface area contributed by atoms with E-state index < -0.39 is 4.92 Å². The summed E-state index contributed by atoms with van der Waals surface area (Å²) in [4.78, 5) is 26.4. The normalized spacial score (nSPS) is 12.4. The second-order valence-electron chi connectivity index (χ2n) is 7.97. The molecule has 1 aliphatic rings. The molecule has 0 spiro atoms. The van der Waals surface area contributed by atoms with Gasteiger partial charge in [0.05, 0.1) is 11.5 Å². The van der Waals surface area contributed by atoms with Gasteiger partial charge in [-0.3, -0.25) is 14.9 Å². The number of benzene rings is 3. The number of nitrogens with one attached hydrogen (secondary N) is 1. The number of nitrogens with zero attached hydrogens (tertiary/aromatic N) is 2. The van der Waals surface area contributed by atoms with Gasteiger partial charge >= 0.3 is 0 Å². The van der Waals surface area contributed by atoms with Gasteiger partial charge in [0.25, 0.3) is 11.6 Å². The molecule has 0 saturated heterocycles. The average Bonchev–Trinajstić information content (AvgIpc) is 2.91. The van der Waals surface area contributed by atoms with Crippen LogP contribution in [0.5, 0.6) is 11.5 Å². The van der Waals surface area contributed by atoms with E-state index in [2.05, 4.69) is 5.32 Å². The number of ether oxygens (including phenoxy) is 3. The number of hydrogen-bond acceptors (Lipinski definition) is 7. The fraction of sp³-hybridized carbons (Fsp3) is 0.222. The summed E-state index contributed by atoms with van der Waals surface area (Å²) in [5, 5.41) is 14.7. The molecule has 3 aromatic rings. The molecule has 1 N–H and O–H groups in total. The maximum Gasteiger partial charge on any atom is 0.293 e. The number of nitro groups is 1. The van der Waals surface area contributed by atoms with Crippen LogP contribution in [0.3, 0.4) is 0 Å². The maximum absolute atomic E-state index is 13.7. The third kappa shape index (κ3) is 6.00. The summed E-state index contributed by atoms with van der Waals surface area (Å²) in [6.45, 7) is 1.92. The van der Waals surface area contributed by atoms with Crippen molar-refractivity contribution in [2.75, 3.05) is 50.2 Å². The third-order valence-electron chi connectivity index (χ3n) is 5.54. The first-order valence-corrected chi connectivity index (χ1v) is 11.5. The fourth-order valence-corrected chi connectivity index (χ4v) is 3.77. The predicted molar refractivity (Wildman–Crippen MR) is 138 cm³/mol. The summed E-state index contributed by atoms with van der Waals surface area (Å²) in [5.41, 5.74) is 1.92. The summed E-state index contributed by atoms with van der Waals surface area (Å²) in [6, 6.07) is 19.4. The van der Waals surface area contributed by atoms with Gasteiger partial charge < -0.3 is 24.4 Å². The topological polar surface area (TPSA) is 103 Å². The second kappa shape index (κ2) is 11.9. The number of carbonyl (C=O) groups is 1. The molecule has 9 heteroatoms. The molecule has 0 unspecified atom stereocenters. The van der Waals surface area contributed by atoms with Gasteiger partial charge in [-0.2, -0.15) is 0 Å². The second-order valence-corrected chi connectivity index (χ2v) is 7.97. The van der Waals surface area contributed by atoms with Crippen LogP contribution in [0, 0.1) is 10.1 Å². The van der Waals surface area contributed by atoms with Crippen LogP contribution in [-0.2, 0) is 4.74 Å². The molecule has 0 atom stereocenters. The van der Waals surface area contributed by atoms with Gasteiger partial charge in [0, 0.05) is 43.6 Å². The van der Waals surface area contributed by atoms with Gasteiger partial charge in [0.1, 0.15) is 18.9 Å². The lowest BCUT2D eigenvalue weighted by molar-refractivity contribution is -0.384. The number of methoxy groups -OCH3 is 1. The average molecular weight is 490 g/mol. The molecule has 1 amide bonds. The summed E-state index contributed by atoms with van der Waals surface area (Å²) in [7, 11) is 1.55. The number of hydrogen-bond donors (Lipinski definition) is 1. The van der Waals surface area contributed by atoms with Crippen LogP contribution in [0.1, 0.15) is 15.9 Å². The zero-order valence-electron chi connectivity index (χ0n) is 19.9. The van der Waals surface area contributed by atoms with E-state index in [-0.39, 0.29) is 23.7 Å². The van der Waals surface area contributed by atoms with E-state index in [4.69, 9.17) is 14.2 Å². The minimum Gasteiger partial charge on any atom is -0.486 e. The fourth-order valence-electron chi connectivity index (χ4n) is 3.77. The van der Waals surface area contributed by atoms with Crippen LogP contribution >= 0.6 is 0 Å². The van der Waals surface area contributed by atoms with E-state index in [9.17, 15) is 14.9 Å². The Morgan fingerprint density at radius 1 is 1.08 bits per heavy atom. The molecule has 4 rings (SSSR count). The van der Waals surface area contributed by atoms with E-state index in [1.54, 1.807) is 42.3 Å². The Bertz CT molecular complexity index is 1250. The molecule has 9 nitrogen and oxygen atoms in total. The van der Waals surface area contributed by atoms with Gasteiger partial charge in [-0.25, -0.2) is 0 Å². The number of nitro benzene ring substituents is 1. The lowest BCUT2D eigenvalue weighted by Gasteiger charge is -2.25. The number of amides is 1. The minimum atomic E-state index is -0.504. The van der Waals surface area contributed by atoms with E-state index >= 15 is 0 Å². The molecule has 3 aromatic carbocycles. The monoisotopic (exact) mass is 489 g/mol. The standard InChI is InChI=1S/C27H27N3O6/c1-34-15-13-28-23-11-9-21(18-24(23)30(32)33)27(31)29(14-5-8-20-6-3-2-4-7-20)22-10-12-25-26(19-22)36-17-16-35-25/h2-12,18-19,28H,13-17H2,1H3/b8-5+. The van der Waals surface area contributed by atoms with Crippen LogP contribution in [0.25, 0.3) is 6.08 Å². The van der Waals surface area contributed by atoms with E-state index in [0.717, 1.165) is 5.56 Å². The first kappa shape index (κ1) is 24.7. The van der Waals surface area contributed by atoms with Gasteiger partial charge in [-0.05, 0) is 29.8 Å². The Morgan fingerprint density at radius 2 is 1.86 bits per heavy atom. The van der Waals surface area contributed by atoms with Crippen LogP contribution in [0.2, 0.25) is 0 Å². The molecule has 1 heterocycles. The number of fused-ring (bicyclic) bond motifs is 1. The highest BCUT2D eigenvalue weighted by molar-refractivity contribution is 6.07. The molecule has 36 heavy (non-hydrogen) atoms. The lowest BCUT2D eigenvalue weighted by atomic mass is 10.1. The van der Waals surface area contributed by atoms with E-state index in [1.165, 1.54) is 6.07 Å². The molecule has 0 saturated carbocycles. The van der Waals surface area contributed by atoms with Crippen LogP contribution in [-0.4, -0.2) is 50.9 Å². The van der Waals surface area contributed by atoms with Crippen molar-refractivity contribution in [2.24, 2.45) is 0 Å². The zero-order chi connectivity index (χ0) is 25.3. The molecule has 0 aromatic heterocycles. The highest BCUT2D eigenvalue weighted by Crippen LogP contribution is 2.35. The van der Waals surface area contributed by atoms with Crippen molar-refractivity contribution in [1.29, 1.82) is 0 Å². The van der Waals surface area contributed by atoms with Crippen molar-refractivity contribution in [3.8, 4) is 11.5 Å². The maximum atomic E-state index is 13.7. The van der Waals surface area contributed by atoms with Crippen LogP contribution < -0.4 is 19.7 Å². The molecular formula is C27H27N3O6. The first-order chi connectivity index (χ1) is 17.6. The molecule has 0 radical (unpaired) electrons. The van der Waals surface area contributed by atoms with Crippen LogP contribution in [0.15, 0.2) is 72.8 Å². The Labute approximate surface area is 209 Å². The van der Waals surface area contributed by atoms with Gasteiger partial charge in [-0.15, -0.1) is 0 Å². The van der Waals surface area contributed by atoms with E-state index in [1.807, 2.05) is 42.5 Å². The summed E-state index contributed by atoms with van der Waals surface area (Å²) in [5.74, 6) is 0.780. The van der Waals surface area contributed by atoms with Crippen LogP contribution in [0.4, 0.5) is 17.1 Å². The molecule has 0 fully saturated rings. The van der Waals surface area contributed by atoms with Crippen molar-refractivity contribution in [3.63, 3.8) is 0 Å². The van der Waals surface area contributed by atoms with Gasteiger partial charge in [0.15, 0.2) is 11.5 Å². The smallest absolute Gasteiger partial charge is 0.293 e. The highest BCUT2D eigenvalue weighted by atomic mass is 16.6. The SMILES string of the molecule is COCCNc1ccc(C(=O)N(C/C=C/c2ccccc2)c2ccc3c(c2)OCCO3)cc1[N+](=O)[O-]. The quantitative estimate of drug-likeness (QED) is 0.248. The summed E-state index contributed by atoms with van der Waals surface area (Å²) in [6.07, 6.45) is 3.79. The zero-order valence-corrected chi connectivity index (χ0v) is 19.9. The Balaban J connectivity index is 1.65. The van der Waals surface area contributed by atoms with Crippen molar-refractivity contribution in [3.05, 3.63) is 94.0 Å². The lowest BCUT2D eigenvalue weighted by Crippen LogP contribution is -2.31. The largest absolute Gasteiger partial charge is 0.486 e. The third-order valence-corrected chi connectivity index (χ3v) is 5.54. The predicted octanol–water partition coefficient (Wildman–Crippen LogP) is 4.78. The van der Waals surface area contributed by atoms with Crippen molar-refractivity contribution >= 4 is 29.0 Å². The van der Waals surface area contributed by atoms with Gasteiger partial charge in [0.2, 0.25) is 0 Å². The Hall–Kier alpha value is -4.37.